The van der Waals surface area contributed by atoms with Gasteiger partial charge >= 0.3 is 0 Å². The van der Waals surface area contributed by atoms with Crippen molar-refractivity contribution in [2.24, 2.45) is 0 Å². The van der Waals surface area contributed by atoms with Gasteiger partial charge in [-0.3, -0.25) is 0 Å². The minimum absolute atomic E-state index is 0.120. The zero-order valence-corrected chi connectivity index (χ0v) is 12.9. The molecule has 1 N–H and O–H groups in total. The second-order valence-electron chi connectivity index (χ2n) is 6.06. The molecule has 1 saturated heterocycles. The molecule has 0 aromatic carbocycles. The number of sulfonamides is 1. The summed E-state index contributed by atoms with van der Waals surface area (Å²) in [5.41, 5.74) is 0. The van der Waals surface area contributed by atoms with E-state index in [1.54, 1.807) is 11.4 Å². The van der Waals surface area contributed by atoms with Crippen molar-refractivity contribution in [3.8, 4) is 0 Å². The van der Waals surface area contributed by atoms with Gasteiger partial charge in [0, 0.05) is 19.6 Å². The quantitative estimate of drug-likeness (QED) is 0.843. The fourth-order valence-corrected chi connectivity index (χ4v) is 5.05. The Balaban J connectivity index is 1.81. The van der Waals surface area contributed by atoms with Crippen molar-refractivity contribution in [2.75, 3.05) is 20.1 Å². The van der Waals surface area contributed by atoms with Crippen molar-refractivity contribution in [3.05, 3.63) is 0 Å². The minimum Gasteiger partial charge on any atom is -0.314 e. The maximum absolute atomic E-state index is 12.5. The van der Waals surface area contributed by atoms with Crippen LogP contribution in [0.2, 0.25) is 0 Å². The lowest BCUT2D eigenvalue weighted by molar-refractivity contribution is 0.347. The smallest absolute Gasteiger partial charge is 0.216 e. The molecule has 1 atom stereocenters. The van der Waals surface area contributed by atoms with Crippen molar-refractivity contribution in [1.82, 2.24) is 9.62 Å². The van der Waals surface area contributed by atoms with E-state index in [-0.39, 0.29) is 5.25 Å². The van der Waals surface area contributed by atoms with Crippen LogP contribution in [-0.2, 0) is 10.0 Å². The second-order valence-corrected chi connectivity index (χ2v) is 8.38. The van der Waals surface area contributed by atoms with Crippen molar-refractivity contribution >= 4 is 10.0 Å². The molecule has 1 heterocycles. The molecule has 1 unspecified atom stereocenters. The molecule has 5 heteroatoms. The van der Waals surface area contributed by atoms with Gasteiger partial charge < -0.3 is 5.32 Å². The van der Waals surface area contributed by atoms with Crippen LogP contribution in [0.3, 0.4) is 0 Å². The lowest BCUT2D eigenvalue weighted by atomic mass is 10.0. The first-order valence-electron chi connectivity index (χ1n) is 7.79. The first-order chi connectivity index (χ1) is 9.10. The molecule has 19 heavy (non-hydrogen) atoms. The van der Waals surface area contributed by atoms with Crippen LogP contribution in [0.5, 0.6) is 0 Å². The number of rotatable bonds is 5. The van der Waals surface area contributed by atoms with Crippen LogP contribution in [0, 0.1) is 0 Å². The number of nitrogens with one attached hydrogen (secondary N) is 1. The summed E-state index contributed by atoms with van der Waals surface area (Å²) >= 11 is 0. The van der Waals surface area contributed by atoms with E-state index < -0.39 is 10.0 Å². The second kappa shape index (κ2) is 7.04. The third-order valence-corrected chi connectivity index (χ3v) is 6.98. The van der Waals surface area contributed by atoms with Crippen molar-refractivity contribution in [2.45, 2.75) is 69.1 Å². The van der Waals surface area contributed by atoms with Gasteiger partial charge in [0.1, 0.15) is 0 Å². The fourth-order valence-electron chi connectivity index (χ4n) is 3.25. The maximum atomic E-state index is 12.5. The molecule has 1 saturated carbocycles. The Hall–Kier alpha value is -0.130. The lowest BCUT2D eigenvalue weighted by Gasteiger charge is -2.29. The molecular weight excluding hydrogens is 260 g/mol. The highest BCUT2D eigenvalue weighted by Crippen LogP contribution is 2.25. The zero-order valence-electron chi connectivity index (χ0n) is 12.1. The molecule has 0 aromatic heterocycles. The van der Waals surface area contributed by atoms with Crippen LogP contribution in [0.4, 0.5) is 0 Å². The molecule has 0 amide bonds. The Morgan fingerprint density at radius 3 is 2.37 bits per heavy atom. The van der Waals surface area contributed by atoms with Crippen LogP contribution in [0.15, 0.2) is 0 Å². The molecule has 112 valence electrons. The summed E-state index contributed by atoms with van der Waals surface area (Å²) in [6, 6.07) is 0.512. The number of nitrogens with zero attached hydrogens (tertiary/aromatic N) is 1. The largest absolute Gasteiger partial charge is 0.314 e. The SMILES string of the molecule is CN(CCC1CCCCN1)S(=O)(=O)C1CCCCC1. The Labute approximate surface area is 118 Å². The molecule has 2 fully saturated rings. The topological polar surface area (TPSA) is 49.4 Å². The van der Waals surface area contributed by atoms with Crippen LogP contribution in [0.25, 0.3) is 0 Å². The highest BCUT2D eigenvalue weighted by atomic mass is 32.2. The summed E-state index contributed by atoms with van der Waals surface area (Å²) in [5.74, 6) is 0. The average molecular weight is 288 g/mol. The monoisotopic (exact) mass is 288 g/mol. The number of hydrogen-bond acceptors (Lipinski definition) is 3. The van der Waals surface area contributed by atoms with E-state index in [0.717, 1.165) is 38.6 Å². The summed E-state index contributed by atoms with van der Waals surface area (Å²) in [4.78, 5) is 0. The number of hydrogen-bond donors (Lipinski definition) is 1. The van der Waals surface area contributed by atoms with E-state index in [0.29, 0.717) is 12.6 Å². The first-order valence-corrected chi connectivity index (χ1v) is 9.29. The van der Waals surface area contributed by atoms with Crippen LogP contribution in [-0.4, -0.2) is 44.2 Å². The van der Waals surface area contributed by atoms with E-state index in [4.69, 9.17) is 0 Å². The van der Waals surface area contributed by atoms with E-state index in [1.807, 2.05) is 0 Å². The number of piperidine rings is 1. The predicted molar refractivity (Wildman–Crippen MR) is 78.7 cm³/mol. The van der Waals surface area contributed by atoms with Crippen molar-refractivity contribution < 1.29 is 8.42 Å². The summed E-state index contributed by atoms with van der Waals surface area (Å²) in [6.45, 7) is 1.75. The molecule has 2 aliphatic rings. The summed E-state index contributed by atoms with van der Waals surface area (Å²) < 4.78 is 26.5. The summed E-state index contributed by atoms with van der Waals surface area (Å²) in [5, 5.41) is 3.36. The minimum atomic E-state index is -3.06. The van der Waals surface area contributed by atoms with E-state index in [2.05, 4.69) is 5.32 Å². The highest BCUT2D eigenvalue weighted by Gasteiger charge is 2.31. The predicted octanol–water partition coefficient (Wildman–Crippen LogP) is 2.11. The molecule has 0 spiro atoms. The van der Waals surface area contributed by atoms with Gasteiger partial charge in [-0.25, -0.2) is 12.7 Å². The molecule has 1 aliphatic carbocycles. The highest BCUT2D eigenvalue weighted by molar-refractivity contribution is 7.89. The molecule has 0 aromatic rings. The van der Waals surface area contributed by atoms with Gasteiger partial charge in [-0.05, 0) is 38.6 Å². The van der Waals surface area contributed by atoms with Gasteiger partial charge in [-0.1, -0.05) is 25.7 Å². The van der Waals surface area contributed by atoms with Crippen LogP contribution in [0.1, 0.15) is 57.8 Å². The van der Waals surface area contributed by atoms with Crippen molar-refractivity contribution in [3.63, 3.8) is 0 Å². The van der Waals surface area contributed by atoms with Gasteiger partial charge in [0.05, 0.1) is 5.25 Å². The van der Waals surface area contributed by atoms with Crippen molar-refractivity contribution in [1.29, 1.82) is 0 Å². The third kappa shape index (κ3) is 4.17. The maximum Gasteiger partial charge on any atom is 0.216 e. The molecule has 1 aliphatic heterocycles. The summed E-state index contributed by atoms with van der Waals surface area (Å²) in [7, 11) is -1.30. The molecule has 0 bridgehead atoms. The molecule has 4 nitrogen and oxygen atoms in total. The molecular formula is C14H28N2O2S. The third-order valence-electron chi connectivity index (χ3n) is 4.61. The van der Waals surface area contributed by atoms with E-state index >= 15 is 0 Å². The van der Waals surface area contributed by atoms with E-state index in [9.17, 15) is 8.42 Å². The van der Waals surface area contributed by atoms with Gasteiger partial charge in [0.2, 0.25) is 10.0 Å². The molecule has 0 radical (unpaired) electrons. The van der Waals surface area contributed by atoms with E-state index in [1.165, 1.54) is 25.7 Å². The Kier molecular flexibility index (Phi) is 5.66. The Morgan fingerprint density at radius 2 is 1.74 bits per heavy atom. The lowest BCUT2D eigenvalue weighted by Crippen LogP contribution is -2.41. The summed E-state index contributed by atoms with van der Waals surface area (Å²) in [6.07, 6.45) is 9.72. The van der Waals surface area contributed by atoms with Crippen LogP contribution < -0.4 is 5.32 Å². The normalized spacial score (nSPS) is 26.7. The average Bonchev–Trinajstić information content (AvgIpc) is 2.46. The fraction of sp³-hybridized carbons (Fsp3) is 1.00. The van der Waals surface area contributed by atoms with Crippen LogP contribution >= 0.6 is 0 Å². The molecule has 2 rings (SSSR count). The Bertz CT molecular complexity index is 358. The Morgan fingerprint density at radius 1 is 1.05 bits per heavy atom. The standard InChI is InChI=1S/C14H28N2O2S/c1-16(12-10-13-7-5-6-11-15-13)19(17,18)14-8-3-2-4-9-14/h13-15H,2-12H2,1H3. The van der Waals surface area contributed by atoms with Gasteiger partial charge in [-0.15, -0.1) is 0 Å². The first kappa shape index (κ1) is 15.3. The zero-order chi connectivity index (χ0) is 13.7. The van der Waals surface area contributed by atoms with Gasteiger partial charge in [-0.2, -0.15) is 0 Å². The van der Waals surface area contributed by atoms with Gasteiger partial charge in [0.25, 0.3) is 0 Å². The van der Waals surface area contributed by atoms with Gasteiger partial charge in [0.15, 0.2) is 0 Å².